The lowest BCUT2D eigenvalue weighted by Gasteiger charge is -2.42. The van der Waals surface area contributed by atoms with E-state index in [0.29, 0.717) is 38.9 Å². The average Bonchev–Trinajstić information content (AvgIpc) is 3.66. The summed E-state index contributed by atoms with van der Waals surface area (Å²) in [4.78, 5) is 48.8. The lowest BCUT2D eigenvalue weighted by atomic mass is 9.70. The average molecular weight is 578 g/mol. The maximum absolute atomic E-state index is 14.8. The Balaban J connectivity index is 1.57. The quantitative estimate of drug-likeness (QED) is 0.361. The van der Waals surface area contributed by atoms with E-state index < -0.39 is 35.6 Å². The molecule has 1 spiro atoms. The minimum absolute atomic E-state index is 0.0713. The highest BCUT2D eigenvalue weighted by molar-refractivity contribution is 5.99. The van der Waals surface area contributed by atoms with E-state index in [9.17, 15) is 19.5 Å². The third-order valence-corrected chi connectivity index (χ3v) is 9.95. The van der Waals surface area contributed by atoms with Gasteiger partial charge in [-0.1, -0.05) is 68.7 Å². The molecule has 6 atom stereocenters. The van der Waals surface area contributed by atoms with Crippen LogP contribution in [-0.2, 0) is 25.5 Å². The Labute approximate surface area is 250 Å². The smallest absolute Gasteiger partial charge is 0.248 e. The van der Waals surface area contributed by atoms with Crippen LogP contribution < -0.4 is 0 Å². The van der Waals surface area contributed by atoms with E-state index in [2.05, 4.69) is 13.2 Å². The monoisotopic (exact) mass is 577 g/mol. The molecule has 4 aliphatic rings. The lowest BCUT2D eigenvalue weighted by molar-refractivity contribution is -0.153. The first-order chi connectivity index (χ1) is 20.4. The fourth-order valence-corrected chi connectivity index (χ4v) is 8.22. The van der Waals surface area contributed by atoms with E-state index in [4.69, 9.17) is 4.74 Å². The molecule has 2 bridgehead atoms. The zero-order valence-electron chi connectivity index (χ0n) is 25.0. The Morgan fingerprint density at radius 1 is 1.10 bits per heavy atom. The van der Waals surface area contributed by atoms with Crippen molar-refractivity contribution in [2.45, 2.75) is 94.5 Å². The second kappa shape index (κ2) is 13.1. The summed E-state index contributed by atoms with van der Waals surface area (Å²) in [7, 11) is 0. The number of rotatable bonds is 13. The van der Waals surface area contributed by atoms with Crippen molar-refractivity contribution in [2.75, 3.05) is 26.2 Å². The van der Waals surface area contributed by atoms with Gasteiger partial charge in [-0.15, -0.1) is 13.2 Å². The number of carbonyl (C=O) groups excluding carboxylic acids is 3. The number of carbonyl (C=O) groups is 3. The third kappa shape index (κ3) is 5.32. The van der Waals surface area contributed by atoms with Gasteiger partial charge in [-0.25, -0.2) is 0 Å². The Hall–Kier alpha value is -2.97. The summed E-state index contributed by atoms with van der Waals surface area (Å²) >= 11 is 0. The molecule has 1 saturated carbocycles. The van der Waals surface area contributed by atoms with E-state index in [0.717, 1.165) is 44.1 Å². The van der Waals surface area contributed by atoms with Crippen molar-refractivity contribution < 1.29 is 24.2 Å². The van der Waals surface area contributed by atoms with Gasteiger partial charge in [0.25, 0.3) is 0 Å². The number of hydrogen-bond donors (Lipinski definition) is 1. The SMILES string of the molecule is C=CCN(CCC)C(=O)[C@@H]1[C@H]2C(=O)N([C@@H](CO)Cc3ccccc3)C(C(=O)N(CC=C)C3CCCCC3)C23CC[C@H]1O3. The fourth-order valence-electron chi connectivity index (χ4n) is 8.22. The highest BCUT2D eigenvalue weighted by Gasteiger charge is 2.75. The fraction of sp³-hybridized carbons (Fsp3) is 0.618. The van der Waals surface area contributed by atoms with Crippen molar-refractivity contribution in [1.29, 1.82) is 0 Å². The molecule has 3 aliphatic heterocycles. The zero-order chi connectivity index (χ0) is 29.9. The van der Waals surface area contributed by atoms with Crippen LogP contribution in [0.5, 0.6) is 0 Å². The van der Waals surface area contributed by atoms with E-state index >= 15 is 0 Å². The maximum atomic E-state index is 14.8. The van der Waals surface area contributed by atoms with Crippen LogP contribution in [-0.4, -0.2) is 93.6 Å². The number of hydrogen-bond acceptors (Lipinski definition) is 5. The molecule has 0 aromatic heterocycles. The predicted octanol–water partition coefficient (Wildman–Crippen LogP) is 3.74. The Bertz CT molecular complexity index is 1150. The molecule has 1 aromatic rings. The first kappa shape index (κ1) is 30.5. The standard InChI is InChI=1S/C34H47N3O5/c1-4-19-35(20-5-2)31(39)28-27-17-18-34(42-27)29(28)32(40)37(26(23-38)22-24-13-9-7-10-14-24)30(34)33(41)36(21-6-3)25-15-11-8-12-16-25/h4,6-7,9-10,13-14,25-30,38H,1,3,5,8,11-12,15-23H2,2H3/t26-,27-,28+,29+,30?,34?/m1/s1. The first-order valence-electron chi connectivity index (χ1n) is 15.9. The van der Waals surface area contributed by atoms with Gasteiger partial charge in [-0.05, 0) is 44.1 Å². The van der Waals surface area contributed by atoms with Crippen LogP contribution >= 0.6 is 0 Å². The minimum atomic E-state index is -1.09. The summed E-state index contributed by atoms with van der Waals surface area (Å²) in [6, 6.07) is 8.28. The molecular formula is C34H47N3O5. The van der Waals surface area contributed by atoms with Crippen LogP contribution in [0.1, 0.15) is 63.9 Å². The van der Waals surface area contributed by atoms with Gasteiger partial charge in [0.05, 0.1) is 30.6 Å². The lowest BCUT2D eigenvalue weighted by Crippen LogP contribution is -2.60. The van der Waals surface area contributed by atoms with Gasteiger partial charge in [0.2, 0.25) is 17.7 Å². The van der Waals surface area contributed by atoms with Crippen molar-refractivity contribution in [1.82, 2.24) is 14.7 Å². The molecule has 42 heavy (non-hydrogen) atoms. The maximum Gasteiger partial charge on any atom is 0.248 e. The molecule has 2 unspecified atom stereocenters. The van der Waals surface area contributed by atoms with E-state index in [-0.39, 0.29) is 30.4 Å². The molecule has 1 N–H and O–H groups in total. The number of amides is 3. The van der Waals surface area contributed by atoms with Gasteiger partial charge in [-0.3, -0.25) is 14.4 Å². The largest absolute Gasteiger partial charge is 0.394 e. The minimum Gasteiger partial charge on any atom is -0.394 e. The van der Waals surface area contributed by atoms with Gasteiger partial charge < -0.3 is 24.5 Å². The van der Waals surface area contributed by atoms with Crippen molar-refractivity contribution in [2.24, 2.45) is 11.8 Å². The number of fused-ring (bicyclic) bond motifs is 1. The molecule has 3 saturated heterocycles. The molecular weight excluding hydrogens is 530 g/mol. The summed E-state index contributed by atoms with van der Waals surface area (Å²) in [6.45, 7) is 10.9. The van der Waals surface area contributed by atoms with Crippen LogP contribution in [0.15, 0.2) is 55.6 Å². The van der Waals surface area contributed by atoms with Crippen molar-refractivity contribution >= 4 is 17.7 Å². The number of ether oxygens (including phenoxy) is 1. The first-order valence-corrected chi connectivity index (χ1v) is 15.9. The van der Waals surface area contributed by atoms with E-state index in [1.54, 1.807) is 22.0 Å². The number of benzene rings is 1. The van der Waals surface area contributed by atoms with Gasteiger partial charge in [0.15, 0.2) is 0 Å². The Morgan fingerprint density at radius 3 is 2.45 bits per heavy atom. The topological polar surface area (TPSA) is 90.4 Å². The number of nitrogens with zero attached hydrogens (tertiary/aromatic N) is 3. The Morgan fingerprint density at radius 2 is 1.81 bits per heavy atom. The van der Waals surface area contributed by atoms with Crippen LogP contribution in [0.2, 0.25) is 0 Å². The highest BCUT2D eigenvalue weighted by Crippen LogP contribution is 2.59. The highest BCUT2D eigenvalue weighted by atomic mass is 16.5. The van der Waals surface area contributed by atoms with Crippen LogP contribution in [0.4, 0.5) is 0 Å². The summed E-state index contributed by atoms with van der Waals surface area (Å²) in [5, 5.41) is 10.7. The molecule has 0 radical (unpaired) electrons. The number of aliphatic hydroxyl groups is 1. The molecule has 5 rings (SSSR count). The normalized spacial score (nSPS) is 29.3. The molecule has 228 valence electrons. The number of aliphatic hydroxyl groups excluding tert-OH is 1. The third-order valence-electron chi connectivity index (χ3n) is 9.95. The summed E-state index contributed by atoms with van der Waals surface area (Å²) in [6.07, 6.45) is 10.5. The van der Waals surface area contributed by atoms with Gasteiger partial charge >= 0.3 is 0 Å². The summed E-state index contributed by atoms with van der Waals surface area (Å²) in [5.41, 5.74) is -0.123. The molecule has 1 aromatic carbocycles. The molecule has 8 nitrogen and oxygen atoms in total. The molecule has 1 aliphatic carbocycles. The van der Waals surface area contributed by atoms with Crippen molar-refractivity contribution in [3.63, 3.8) is 0 Å². The van der Waals surface area contributed by atoms with Crippen LogP contribution in [0, 0.1) is 11.8 Å². The van der Waals surface area contributed by atoms with Crippen LogP contribution in [0.25, 0.3) is 0 Å². The molecule has 3 amide bonds. The van der Waals surface area contributed by atoms with Crippen LogP contribution in [0.3, 0.4) is 0 Å². The Kier molecular flexibility index (Phi) is 9.53. The predicted molar refractivity (Wildman–Crippen MR) is 161 cm³/mol. The van der Waals surface area contributed by atoms with Gasteiger partial charge in [-0.2, -0.15) is 0 Å². The second-order valence-corrected chi connectivity index (χ2v) is 12.5. The zero-order valence-corrected chi connectivity index (χ0v) is 25.0. The van der Waals surface area contributed by atoms with Gasteiger partial charge in [0, 0.05) is 25.7 Å². The van der Waals surface area contributed by atoms with E-state index in [1.807, 2.05) is 42.2 Å². The van der Waals surface area contributed by atoms with Crippen molar-refractivity contribution in [3.8, 4) is 0 Å². The number of likely N-dealkylation sites (tertiary alicyclic amines) is 1. The van der Waals surface area contributed by atoms with Gasteiger partial charge in [0.1, 0.15) is 11.6 Å². The molecule has 8 heteroatoms. The van der Waals surface area contributed by atoms with E-state index in [1.165, 1.54) is 0 Å². The second-order valence-electron chi connectivity index (χ2n) is 12.5. The molecule has 4 fully saturated rings. The summed E-state index contributed by atoms with van der Waals surface area (Å²) < 4.78 is 6.73. The molecule has 3 heterocycles. The van der Waals surface area contributed by atoms with Crippen molar-refractivity contribution in [3.05, 3.63) is 61.2 Å². The summed E-state index contributed by atoms with van der Waals surface area (Å²) in [5.74, 6) is -1.91.